The van der Waals surface area contributed by atoms with E-state index in [0.717, 1.165) is 0 Å². The number of hydrogen-bond acceptors (Lipinski definition) is 3. The number of carbonyl (C=O) groups excluding carboxylic acids is 1. The van der Waals surface area contributed by atoms with Gasteiger partial charge in [-0.05, 0) is 25.1 Å². The molecule has 1 atom stereocenters. The zero-order valence-corrected chi connectivity index (χ0v) is 11.7. The van der Waals surface area contributed by atoms with Gasteiger partial charge in [0.05, 0.1) is 5.69 Å². The molecule has 0 fully saturated rings. The van der Waals surface area contributed by atoms with Crippen LogP contribution in [0.4, 0.5) is 18.9 Å². The first kappa shape index (κ1) is 15.6. The number of carbonyl (C=O) groups is 1. The van der Waals surface area contributed by atoms with Gasteiger partial charge in [0.1, 0.15) is 6.04 Å². The SMILES string of the molecule is CNC(=O)C(C)Nc1ccc(Br)cc1OC(F)(F)F. The van der Waals surface area contributed by atoms with E-state index in [0.29, 0.717) is 4.47 Å². The highest BCUT2D eigenvalue weighted by molar-refractivity contribution is 9.10. The van der Waals surface area contributed by atoms with Gasteiger partial charge < -0.3 is 15.4 Å². The molecule has 1 rings (SSSR count). The third-order valence-corrected chi connectivity index (χ3v) is 2.67. The lowest BCUT2D eigenvalue weighted by Gasteiger charge is -2.18. The lowest BCUT2D eigenvalue weighted by molar-refractivity contribution is -0.274. The van der Waals surface area contributed by atoms with Crippen LogP contribution in [0.1, 0.15) is 6.92 Å². The van der Waals surface area contributed by atoms with Crippen LogP contribution in [0, 0.1) is 0 Å². The second kappa shape index (κ2) is 6.14. The summed E-state index contributed by atoms with van der Waals surface area (Å²) in [5, 5.41) is 5.04. The first-order valence-electron chi connectivity index (χ1n) is 5.26. The fraction of sp³-hybridized carbons (Fsp3) is 0.364. The molecular formula is C11H12BrF3N2O2. The van der Waals surface area contributed by atoms with Gasteiger partial charge in [-0.1, -0.05) is 15.9 Å². The molecule has 0 bridgehead atoms. The lowest BCUT2D eigenvalue weighted by Crippen LogP contribution is -2.35. The van der Waals surface area contributed by atoms with Crippen molar-refractivity contribution in [2.24, 2.45) is 0 Å². The van der Waals surface area contributed by atoms with Crippen molar-refractivity contribution < 1.29 is 22.7 Å². The average molecular weight is 341 g/mol. The summed E-state index contributed by atoms with van der Waals surface area (Å²) in [6.45, 7) is 1.53. The molecule has 0 aliphatic carbocycles. The van der Waals surface area contributed by atoms with Crippen LogP contribution in [0.3, 0.4) is 0 Å². The largest absolute Gasteiger partial charge is 0.573 e. The van der Waals surface area contributed by atoms with Crippen molar-refractivity contribution in [1.29, 1.82) is 0 Å². The highest BCUT2D eigenvalue weighted by atomic mass is 79.9. The first-order valence-corrected chi connectivity index (χ1v) is 6.05. The molecule has 0 aromatic heterocycles. The summed E-state index contributed by atoms with van der Waals surface area (Å²) in [5.41, 5.74) is 0.0802. The van der Waals surface area contributed by atoms with Crippen LogP contribution < -0.4 is 15.4 Å². The zero-order valence-electron chi connectivity index (χ0n) is 10.1. The predicted octanol–water partition coefficient (Wildman–Crippen LogP) is 2.89. The molecule has 8 heteroatoms. The van der Waals surface area contributed by atoms with Gasteiger partial charge in [0.25, 0.3) is 0 Å². The lowest BCUT2D eigenvalue weighted by atomic mass is 10.2. The molecule has 1 aromatic carbocycles. The number of ether oxygens (including phenoxy) is 1. The maximum Gasteiger partial charge on any atom is 0.573 e. The normalized spacial score (nSPS) is 12.7. The smallest absolute Gasteiger partial charge is 0.404 e. The van der Waals surface area contributed by atoms with Gasteiger partial charge >= 0.3 is 6.36 Å². The minimum Gasteiger partial charge on any atom is -0.404 e. The first-order chi connectivity index (χ1) is 8.73. The number of nitrogens with one attached hydrogen (secondary N) is 2. The molecular weight excluding hydrogens is 329 g/mol. The fourth-order valence-electron chi connectivity index (χ4n) is 1.34. The standard InChI is InChI=1S/C11H12BrF3N2O2/c1-6(10(18)16-2)17-8-4-3-7(12)5-9(8)19-11(13,14)15/h3-6,17H,1-2H3,(H,16,18). The van der Waals surface area contributed by atoms with Gasteiger partial charge in [0.2, 0.25) is 5.91 Å². The zero-order chi connectivity index (χ0) is 14.6. The van der Waals surface area contributed by atoms with Crippen LogP contribution in [-0.2, 0) is 4.79 Å². The van der Waals surface area contributed by atoms with Crippen molar-refractivity contribution in [3.63, 3.8) is 0 Å². The molecule has 0 aliphatic rings. The van der Waals surface area contributed by atoms with E-state index in [9.17, 15) is 18.0 Å². The Hall–Kier alpha value is -1.44. The number of halogens is 4. The molecule has 4 nitrogen and oxygen atoms in total. The summed E-state index contributed by atoms with van der Waals surface area (Å²) in [6, 6.07) is 3.42. The van der Waals surface area contributed by atoms with Gasteiger partial charge in [0, 0.05) is 11.5 Å². The van der Waals surface area contributed by atoms with E-state index in [4.69, 9.17) is 0 Å². The van der Waals surface area contributed by atoms with Crippen LogP contribution in [-0.4, -0.2) is 25.4 Å². The van der Waals surface area contributed by atoms with Gasteiger partial charge in [0.15, 0.2) is 5.75 Å². The monoisotopic (exact) mass is 340 g/mol. The maximum atomic E-state index is 12.3. The number of rotatable bonds is 4. The van der Waals surface area contributed by atoms with E-state index in [2.05, 4.69) is 31.3 Å². The van der Waals surface area contributed by atoms with Crippen molar-refractivity contribution in [3.8, 4) is 5.75 Å². The van der Waals surface area contributed by atoms with E-state index < -0.39 is 18.2 Å². The molecule has 1 unspecified atom stereocenters. The molecule has 0 radical (unpaired) electrons. The number of likely N-dealkylation sites (N-methyl/N-ethyl adjacent to an activating group) is 1. The molecule has 106 valence electrons. The van der Waals surface area contributed by atoms with Crippen LogP contribution in [0.5, 0.6) is 5.75 Å². The van der Waals surface area contributed by atoms with Crippen LogP contribution in [0.25, 0.3) is 0 Å². The second-order valence-corrected chi connectivity index (χ2v) is 4.58. The Labute approximate surface area is 116 Å². The third-order valence-electron chi connectivity index (χ3n) is 2.18. The summed E-state index contributed by atoms with van der Waals surface area (Å²) in [6.07, 6.45) is -4.80. The van der Waals surface area contributed by atoms with E-state index in [-0.39, 0.29) is 11.6 Å². The minimum absolute atomic E-state index is 0.0802. The number of amides is 1. The molecule has 0 aliphatic heterocycles. The van der Waals surface area contributed by atoms with Gasteiger partial charge in [-0.3, -0.25) is 4.79 Å². The van der Waals surface area contributed by atoms with E-state index in [1.54, 1.807) is 6.07 Å². The minimum atomic E-state index is -4.80. The highest BCUT2D eigenvalue weighted by Crippen LogP contribution is 2.33. The highest BCUT2D eigenvalue weighted by Gasteiger charge is 2.32. The van der Waals surface area contributed by atoms with Crippen molar-refractivity contribution >= 4 is 27.5 Å². The Bertz CT molecular complexity index is 466. The Balaban J connectivity index is 2.97. The molecule has 1 amide bonds. The summed E-state index contributed by atoms with van der Waals surface area (Å²) < 4.78 is 41.2. The molecule has 19 heavy (non-hydrogen) atoms. The fourth-order valence-corrected chi connectivity index (χ4v) is 1.68. The third kappa shape index (κ3) is 4.98. The molecule has 0 saturated carbocycles. The van der Waals surface area contributed by atoms with Crippen molar-refractivity contribution in [2.75, 3.05) is 12.4 Å². The average Bonchev–Trinajstić information content (AvgIpc) is 2.29. The molecule has 0 heterocycles. The quantitative estimate of drug-likeness (QED) is 0.886. The summed E-state index contributed by atoms with van der Waals surface area (Å²) in [4.78, 5) is 11.3. The Morgan fingerprint density at radius 1 is 1.42 bits per heavy atom. The van der Waals surface area contributed by atoms with Gasteiger partial charge in [-0.25, -0.2) is 0 Å². The van der Waals surface area contributed by atoms with E-state index in [1.165, 1.54) is 26.1 Å². The van der Waals surface area contributed by atoms with Crippen LogP contribution >= 0.6 is 15.9 Å². The summed E-state index contributed by atoms with van der Waals surface area (Å²) in [5.74, 6) is -0.751. The Kier molecular flexibility index (Phi) is 5.04. The second-order valence-electron chi connectivity index (χ2n) is 3.67. The van der Waals surface area contributed by atoms with E-state index in [1.807, 2.05) is 0 Å². The summed E-state index contributed by atoms with van der Waals surface area (Å²) in [7, 11) is 1.44. The van der Waals surface area contributed by atoms with Crippen LogP contribution in [0.15, 0.2) is 22.7 Å². The topological polar surface area (TPSA) is 50.4 Å². The molecule has 2 N–H and O–H groups in total. The van der Waals surface area contributed by atoms with Crippen LogP contribution in [0.2, 0.25) is 0 Å². The Morgan fingerprint density at radius 2 is 2.05 bits per heavy atom. The predicted molar refractivity (Wildman–Crippen MR) is 68.0 cm³/mol. The van der Waals surface area contributed by atoms with Crippen molar-refractivity contribution in [3.05, 3.63) is 22.7 Å². The maximum absolute atomic E-state index is 12.3. The number of alkyl halides is 3. The number of anilines is 1. The van der Waals surface area contributed by atoms with Crippen molar-refractivity contribution in [1.82, 2.24) is 5.32 Å². The Morgan fingerprint density at radius 3 is 2.58 bits per heavy atom. The van der Waals surface area contributed by atoms with Gasteiger partial charge in [-0.2, -0.15) is 0 Å². The van der Waals surface area contributed by atoms with E-state index >= 15 is 0 Å². The summed E-state index contributed by atoms with van der Waals surface area (Å²) >= 11 is 3.06. The van der Waals surface area contributed by atoms with Crippen molar-refractivity contribution in [2.45, 2.75) is 19.3 Å². The number of hydrogen-bond donors (Lipinski definition) is 2. The van der Waals surface area contributed by atoms with Gasteiger partial charge in [-0.15, -0.1) is 13.2 Å². The molecule has 0 spiro atoms. The molecule has 1 aromatic rings. The number of benzene rings is 1. The molecule has 0 saturated heterocycles.